The Morgan fingerprint density at radius 2 is 2.28 bits per heavy atom. The third-order valence-corrected chi connectivity index (χ3v) is 4.69. The van der Waals surface area contributed by atoms with Crippen LogP contribution in [0.25, 0.3) is 0 Å². The third-order valence-electron chi connectivity index (χ3n) is 4.69. The van der Waals surface area contributed by atoms with Crippen molar-refractivity contribution in [3.63, 3.8) is 0 Å². The average Bonchev–Trinajstić information content (AvgIpc) is 3.29. The molecule has 1 unspecified atom stereocenters. The van der Waals surface area contributed by atoms with Crippen LogP contribution in [0.3, 0.4) is 0 Å². The van der Waals surface area contributed by atoms with Crippen LogP contribution < -0.4 is 5.32 Å². The number of carbonyl (C=O) groups excluding carboxylic acids is 1. The number of nitrogens with one attached hydrogen (secondary N) is 1. The van der Waals surface area contributed by atoms with Crippen LogP contribution >= 0.6 is 12.4 Å². The van der Waals surface area contributed by atoms with Gasteiger partial charge in [-0.25, -0.2) is 0 Å². The lowest BCUT2D eigenvalue weighted by Crippen LogP contribution is -2.33. The van der Waals surface area contributed by atoms with Crippen LogP contribution in [0.2, 0.25) is 0 Å². The van der Waals surface area contributed by atoms with Crippen LogP contribution in [-0.2, 0) is 9.47 Å². The van der Waals surface area contributed by atoms with Gasteiger partial charge in [-0.15, -0.1) is 12.4 Å². The predicted octanol–water partition coefficient (Wildman–Crippen LogP) is 1.50. The summed E-state index contributed by atoms with van der Waals surface area (Å²) in [6, 6.07) is 2.19. The lowest BCUT2D eigenvalue weighted by molar-refractivity contribution is 0.0120. The molecular weight excluding hydrogens is 344 g/mol. The van der Waals surface area contributed by atoms with Crippen LogP contribution in [0, 0.1) is 0 Å². The minimum atomic E-state index is 0. The summed E-state index contributed by atoms with van der Waals surface area (Å²) in [6.45, 7) is 7.25. The van der Waals surface area contributed by atoms with Crippen molar-refractivity contribution in [2.24, 2.45) is 0 Å². The summed E-state index contributed by atoms with van der Waals surface area (Å²) in [5.74, 6) is 0.00780. The van der Waals surface area contributed by atoms with E-state index in [-0.39, 0.29) is 24.4 Å². The van der Waals surface area contributed by atoms with E-state index in [1.807, 2.05) is 28.8 Å². The van der Waals surface area contributed by atoms with Crippen molar-refractivity contribution in [2.75, 3.05) is 46.0 Å². The highest BCUT2D eigenvalue weighted by Crippen LogP contribution is 2.18. The molecule has 1 aromatic rings. The zero-order valence-electron chi connectivity index (χ0n) is 14.9. The Bertz CT molecular complexity index is 534. The van der Waals surface area contributed by atoms with E-state index in [0.29, 0.717) is 38.1 Å². The van der Waals surface area contributed by atoms with Gasteiger partial charge in [0.1, 0.15) is 5.69 Å². The number of ether oxygens (including phenoxy) is 2. The number of rotatable bonds is 7. The normalized spacial score (nSPS) is 23.5. The van der Waals surface area contributed by atoms with Gasteiger partial charge in [0.2, 0.25) is 0 Å². The number of amides is 1. The van der Waals surface area contributed by atoms with Crippen LogP contribution in [-0.4, -0.2) is 72.7 Å². The second-order valence-electron chi connectivity index (χ2n) is 6.41. The zero-order valence-corrected chi connectivity index (χ0v) is 15.7. The zero-order chi connectivity index (χ0) is 16.8. The predicted molar refractivity (Wildman–Crippen MR) is 97.4 cm³/mol. The molecule has 1 aromatic heterocycles. The summed E-state index contributed by atoms with van der Waals surface area (Å²) in [5.41, 5.74) is 0.538. The van der Waals surface area contributed by atoms with E-state index in [2.05, 4.69) is 10.4 Å². The van der Waals surface area contributed by atoms with Crippen LogP contribution in [0.4, 0.5) is 0 Å². The maximum absolute atomic E-state index is 12.6. The lowest BCUT2D eigenvalue weighted by Gasteiger charge is -2.23. The monoisotopic (exact) mass is 372 g/mol. The number of hydrogen-bond acceptors (Lipinski definition) is 5. The largest absolute Gasteiger partial charge is 0.379 e. The molecule has 25 heavy (non-hydrogen) atoms. The topological polar surface area (TPSA) is 68.6 Å². The first-order valence-electron chi connectivity index (χ1n) is 9.02. The molecule has 7 nitrogen and oxygen atoms in total. The van der Waals surface area contributed by atoms with Crippen molar-refractivity contribution in [3.05, 3.63) is 18.0 Å². The summed E-state index contributed by atoms with van der Waals surface area (Å²) >= 11 is 0. The molecule has 0 aromatic carbocycles. The second-order valence-corrected chi connectivity index (χ2v) is 6.41. The standard InChI is InChI=1S/C17H28N4O3.ClH/c1-2-23-10-11-24-15-5-8-20(13-15)17(22)16-6-9-21(19-16)14-4-3-7-18-12-14;/h6,9,14-15,18H,2-5,7-8,10-13H2,1H3;1H/t14?,15-;/m0./s1. The molecule has 0 aliphatic carbocycles. The molecule has 3 rings (SSSR count). The van der Waals surface area contributed by atoms with Crippen LogP contribution in [0.5, 0.6) is 0 Å². The van der Waals surface area contributed by atoms with Gasteiger partial charge in [0.05, 0.1) is 25.4 Å². The fourth-order valence-corrected chi connectivity index (χ4v) is 3.34. The van der Waals surface area contributed by atoms with Gasteiger partial charge in [-0.1, -0.05) is 0 Å². The third kappa shape index (κ3) is 5.41. The van der Waals surface area contributed by atoms with Crippen LogP contribution in [0.15, 0.2) is 12.3 Å². The highest BCUT2D eigenvalue weighted by Gasteiger charge is 2.29. The van der Waals surface area contributed by atoms with E-state index in [1.54, 1.807) is 0 Å². The number of aromatic nitrogens is 2. The first-order chi connectivity index (χ1) is 11.8. The summed E-state index contributed by atoms with van der Waals surface area (Å²) in [5, 5.41) is 7.89. The van der Waals surface area contributed by atoms with Gasteiger partial charge < -0.3 is 19.7 Å². The number of halogens is 1. The quantitative estimate of drug-likeness (QED) is 0.734. The minimum Gasteiger partial charge on any atom is -0.379 e. The molecule has 2 atom stereocenters. The first kappa shape index (κ1) is 20.2. The van der Waals surface area contributed by atoms with E-state index in [1.165, 1.54) is 0 Å². The smallest absolute Gasteiger partial charge is 0.274 e. The van der Waals surface area contributed by atoms with Crippen LogP contribution in [0.1, 0.15) is 42.7 Å². The highest BCUT2D eigenvalue weighted by atomic mass is 35.5. The molecule has 0 spiro atoms. The van der Waals surface area contributed by atoms with Crippen molar-refractivity contribution in [3.8, 4) is 0 Å². The van der Waals surface area contributed by atoms with Gasteiger partial charge in [-0.2, -0.15) is 5.10 Å². The molecule has 0 saturated carbocycles. The minimum absolute atomic E-state index is 0. The fraction of sp³-hybridized carbons (Fsp3) is 0.765. The van der Waals surface area contributed by atoms with Gasteiger partial charge in [-0.3, -0.25) is 9.48 Å². The molecule has 1 amide bonds. The molecule has 8 heteroatoms. The van der Waals surface area contributed by atoms with Gasteiger partial charge >= 0.3 is 0 Å². The summed E-state index contributed by atoms with van der Waals surface area (Å²) < 4.78 is 13.0. The van der Waals surface area contributed by atoms with E-state index >= 15 is 0 Å². The molecule has 0 radical (unpaired) electrons. The van der Waals surface area contributed by atoms with Crippen molar-refractivity contribution >= 4 is 18.3 Å². The molecule has 2 aliphatic heterocycles. The summed E-state index contributed by atoms with van der Waals surface area (Å²) in [6.07, 6.45) is 5.18. The van der Waals surface area contributed by atoms with Gasteiger partial charge in [0.25, 0.3) is 5.91 Å². The van der Waals surface area contributed by atoms with E-state index in [9.17, 15) is 4.79 Å². The fourth-order valence-electron chi connectivity index (χ4n) is 3.34. The van der Waals surface area contributed by atoms with Crippen molar-refractivity contribution < 1.29 is 14.3 Å². The van der Waals surface area contributed by atoms with E-state index in [0.717, 1.165) is 38.9 Å². The van der Waals surface area contributed by atoms with Gasteiger partial charge in [-0.05, 0) is 38.8 Å². The van der Waals surface area contributed by atoms with E-state index in [4.69, 9.17) is 9.47 Å². The number of carbonyl (C=O) groups is 1. The highest BCUT2D eigenvalue weighted by molar-refractivity contribution is 5.92. The Hall–Kier alpha value is -1.15. The first-order valence-corrected chi connectivity index (χ1v) is 9.02. The van der Waals surface area contributed by atoms with Gasteiger partial charge in [0.15, 0.2) is 0 Å². The average molecular weight is 373 g/mol. The van der Waals surface area contributed by atoms with Crippen molar-refractivity contribution in [2.45, 2.75) is 38.3 Å². The molecule has 2 fully saturated rings. The SMILES string of the molecule is CCOCCO[C@H]1CCN(C(=O)c2ccn(C3CCCNC3)n2)C1.Cl. The lowest BCUT2D eigenvalue weighted by atomic mass is 10.1. The Balaban J connectivity index is 0.00000225. The van der Waals surface area contributed by atoms with Crippen molar-refractivity contribution in [1.82, 2.24) is 20.0 Å². The molecule has 1 N–H and O–H groups in total. The maximum atomic E-state index is 12.6. The second kappa shape index (κ2) is 10.1. The summed E-state index contributed by atoms with van der Waals surface area (Å²) in [4.78, 5) is 14.5. The Morgan fingerprint density at radius 3 is 3.04 bits per heavy atom. The number of hydrogen-bond donors (Lipinski definition) is 1. The maximum Gasteiger partial charge on any atom is 0.274 e. The number of nitrogens with zero attached hydrogens (tertiary/aromatic N) is 3. The molecule has 2 saturated heterocycles. The number of piperidine rings is 1. The Morgan fingerprint density at radius 1 is 1.40 bits per heavy atom. The number of likely N-dealkylation sites (tertiary alicyclic amines) is 1. The summed E-state index contributed by atoms with van der Waals surface area (Å²) in [7, 11) is 0. The Labute approximate surface area is 155 Å². The molecular formula is C17H29ClN4O3. The van der Waals surface area contributed by atoms with E-state index < -0.39 is 0 Å². The molecule has 3 heterocycles. The molecule has 142 valence electrons. The van der Waals surface area contributed by atoms with Crippen molar-refractivity contribution in [1.29, 1.82) is 0 Å². The molecule has 0 bridgehead atoms. The molecule has 2 aliphatic rings. The van der Waals surface area contributed by atoms with Gasteiger partial charge in [0, 0.05) is 32.4 Å². The Kier molecular flexibility index (Phi) is 8.15.